The third-order valence-electron chi connectivity index (χ3n) is 3.89. The standard InChI is InChI=1S/C21H17ClN4O/c22-17-3-1-2-15(12-17)10-11-24-21(27)20-9-8-19(14-25-20)26-18-6-4-16(13-23)5-7-18/h1-9,12,14,26H,10-11H2,(H,24,27). The van der Waals surface area contributed by atoms with E-state index in [-0.39, 0.29) is 5.91 Å². The lowest BCUT2D eigenvalue weighted by atomic mass is 10.1. The molecule has 5 nitrogen and oxygen atoms in total. The van der Waals surface area contributed by atoms with Crippen LogP contribution in [0.4, 0.5) is 11.4 Å². The molecule has 0 fully saturated rings. The van der Waals surface area contributed by atoms with E-state index in [9.17, 15) is 4.79 Å². The van der Waals surface area contributed by atoms with Crippen molar-refractivity contribution in [2.24, 2.45) is 0 Å². The van der Waals surface area contributed by atoms with E-state index in [0.717, 1.165) is 16.9 Å². The molecule has 2 N–H and O–H groups in total. The van der Waals surface area contributed by atoms with E-state index in [0.29, 0.717) is 29.2 Å². The summed E-state index contributed by atoms with van der Waals surface area (Å²) in [6.07, 6.45) is 2.30. The van der Waals surface area contributed by atoms with Crippen molar-refractivity contribution in [3.05, 3.63) is 88.7 Å². The Balaban J connectivity index is 1.53. The molecule has 0 saturated carbocycles. The van der Waals surface area contributed by atoms with Crippen molar-refractivity contribution in [3.63, 3.8) is 0 Å². The first-order valence-electron chi connectivity index (χ1n) is 8.40. The Morgan fingerprint density at radius 2 is 1.85 bits per heavy atom. The fraction of sp³-hybridized carbons (Fsp3) is 0.0952. The smallest absolute Gasteiger partial charge is 0.269 e. The molecule has 2 aromatic carbocycles. The quantitative estimate of drug-likeness (QED) is 0.671. The molecule has 0 aliphatic rings. The van der Waals surface area contributed by atoms with Crippen molar-refractivity contribution in [3.8, 4) is 6.07 Å². The van der Waals surface area contributed by atoms with Crippen LogP contribution in [0.2, 0.25) is 5.02 Å². The van der Waals surface area contributed by atoms with E-state index in [1.165, 1.54) is 0 Å². The summed E-state index contributed by atoms with van der Waals surface area (Å²) in [6, 6.07) is 20.2. The van der Waals surface area contributed by atoms with Gasteiger partial charge < -0.3 is 10.6 Å². The Labute approximate surface area is 162 Å². The second-order valence-electron chi connectivity index (χ2n) is 5.88. The molecule has 0 spiro atoms. The number of amides is 1. The zero-order valence-electron chi connectivity index (χ0n) is 14.4. The lowest BCUT2D eigenvalue weighted by Crippen LogP contribution is -2.26. The summed E-state index contributed by atoms with van der Waals surface area (Å²) in [4.78, 5) is 16.4. The minimum atomic E-state index is -0.220. The van der Waals surface area contributed by atoms with Crippen LogP contribution in [0.1, 0.15) is 21.6 Å². The topological polar surface area (TPSA) is 77.8 Å². The number of nitrogens with zero attached hydrogens (tertiary/aromatic N) is 2. The fourth-order valence-electron chi connectivity index (χ4n) is 2.50. The zero-order valence-corrected chi connectivity index (χ0v) is 15.2. The molecule has 1 heterocycles. The average molecular weight is 377 g/mol. The number of nitrogens with one attached hydrogen (secondary N) is 2. The van der Waals surface area contributed by atoms with E-state index in [4.69, 9.17) is 16.9 Å². The van der Waals surface area contributed by atoms with Gasteiger partial charge in [-0.1, -0.05) is 23.7 Å². The van der Waals surface area contributed by atoms with Crippen molar-refractivity contribution in [1.82, 2.24) is 10.3 Å². The number of pyridine rings is 1. The predicted molar refractivity (Wildman–Crippen MR) is 106 cm³/mol. The maximum Gasteiger partial charge on any atom is 0.269 e. The summed E-state index contributed by atoms with van der Waals surface area (Å²) in [5.41, 5.74) is 3.62. The third-order valence-corrected chi connectivity index (χ3v) is 4.12. The van der Waals surface area contributed by atoms with Gasteiger partial charge in [0.2, 0.25) is 0 Å². The van der Waals surface area contributed by atoms with Gasteiger partial charge >= 0.3 is 0 Å². The van der Waals surface area contributed by atoms with Crippen molar-refractivity contribution in [1.29, 1.82) is 5.26 Å². The Hall–Kier alpha value is -3.36. The molecule has 0 aliphatic heterocycles. The maximum atomic E-state index is 12.2. The number of hydrogen-bond acceptors (Lipinski definition) is 4. The highest BCUT2D eigenvalue weighted by molar-refractivity contribution is 6.30. The molecule has 0 unspecified atom stereocenters. The summed E-state index contributed by atoms with van der Waals surface area (Å²) < 4.78 is 0. The first-order chi connectivity index (χ1) is 13.1. The average Bonchev–Trinajstić information content (AvgIpc) is 2.69. The molecule has 3 aromatic rings. The number of hydrogen-bond donors (Lipinski definition) is 2. The molecule has 0 saturated heterocycles. The lowest BCUT2D eigenvalue weighted by Gasteiger charge is -2.08. The van der Waals surface area contributed by atoms with Crippen molar-refractivity contribution >= 4 is 28.9 Å². The summed E-state index contributed by atoms with van der Waals surface area (Å²) >= 11 is 5.95. The minimum absolute atomic E-state index is 0.220. The molecule has 1 amide bonds. The Bertz CT molecular complexity index is 963. The third kappa shape index (κ3) is 5.30. The molecule has 0 atom stereocenters. The van der Waals surface area contributed by atoms with Crippen LogP contribution in [0.3, 0.4) is 0 Å². The zero-order chi connectivity index (χ0) is 19.1. The van der Waals surface area contributed by atoms with E-state index in [2.05, 4.69) is 21.7 Å². The molecule has 6 heteroatoms. The van der Waals surface area contributed by atoms with E-state index in [1.807, 2.05) is 36.4 Å². The Morgan fingerprint density at radius 3 is 2.52 bits per heavy atom. The fourth-order valence-corrected chi connectivity index (χ4v) is 2.71. The number of carbonyl (C=O) groups excluding carboxylic acids is 1. The molecular formula is C21H17ClN4O. The van der Waals surface area contributed by atoms with Gasteiger partial charge in [0, 0.05) is 17.3 Å². The Kier molecular flexibility index (Phi) is 6.03. The Morgan fingerprint density at radius 1 is 1.07 bits per heavy atom. The van der Waals surface area contributed by atoms with Crippen LogP contribution in [-0.4, -0.2) is 17.4 Å². The maximum absolute atomic E-state index is 12.2. The van der Waals surface area contributed by atoms with Gasteiger partial charge in [0.25, 0.3) is 5.91 Å². The van der Waals surface area contributed by atoms with Gasteiger partial charge in [0.05, 0.1) is 23.5 Å². The van der Waals surface area contributed by atoms with Gasteiger partial charge in [0.1, 0.15) is 5.69 Å². The van der Waals surface area contributed by atoms with Crippen LogP contribution in [-0.2, 0) is 6.42 Å². The number of nitriles is 1. The normalized spacial score (nSPS) is 10.1. The first kappa shape index (κ1) is 18.4. The van der Waals surface area contributed by atoms with E-state index >= 15 is 0 Å². The van der Waals surface area contributed by atoms with Crippen LogP contribution in [0.5, 0.6) is 0 Å². The van der Waals surface area contributed by atoms with Crippen molar-refractivity contribution < 1.29 is 4.79 Å². The lowest BCUT2D eigenvalue weighted by molar-refractivity contribution is 0.0949. The number of aromatic nitrogens is 1. The van der Waals surface area contributed by atoms with Gasteiger partial charge in [-0.25, -0.2) is 4.98 Å². The van der Waals surface area contributed by atoms with Gasteiger partial charge in [-0.2, -0.15) is 5.26 Å². The highest BCUT2D eigenvalue weighted by atomic mass is 35.5. The van der Waals surface area contributed by atoms with Gasteiger partial charge in [-0.3, -0.25) is 4.79 Å². The van der Waals surface area contributed by atoms with E-state index in [1.54, 1.807) is 30.5 Å². The monoisotopic (exact) mass is 376 g/mol. The van der Waals surface area contributed by atoms with Crippen LogP contribution in [0, 0.1) is 11.3 Å². The number of carbonyl (C=O) groups is 1. The first-order valence-corrected chi connectivity index (χ1v) is 8.78. The molecule has 0 bridgehead atoms. The number of rotatable bonds is 6. The van der Waals surface area contributed by atoms with E-state index < -0.39 is 0 Å². The molecule has 134 valence electrons. The molecular weight excluding hydrogens is 360 g/mol. The SMILES string of the molecule is N#Cc1ccc(Nc2ccc(C(=O)NCCc3cccc(Cl)c3)nc2)cc1. The molecule has 0 radical (unpaired) electrons. The molecule has 0 aliphatic carbocycles. The summed E-state index contributed by atoms with van der Waals surface area (Å²) in [6.45, 7) is 0.506. The van der Waals surface area contributed by atoms with Crippen molar-refractivity contribution in [2.45, 2.75) is 6.42 Å². The second kappa shape index (κ2) is 8.84. The number of anilines is 2. The highest BCUT2D eigenvalue weighted by Gasteiger charge is 2.07. The molecule has 1 aromatic heterocycles. The summed E-state index contributed by atoms with van der Waals surface area (Å²) in [5.74, 6) is -0.220. The number of benzene rings is 2. The van der Waals surface area contributed by atoms with Crippen LogP contribution in [0.15, 0.2) is 66.9 Å². The summed E-state index contributed by atoms with van der Waals surface area (Å²) in [5, 5.41) is 15.5. The largest absolute Gasteiger partial charge is 0.354 e. The highest BCUT2D eigenvalue weighted by Crippen LogP contribution is 2.16. The van der Waals surface area contributed by atoms with Crippen molar-refractivity contribution in [2.75, 3.05) is 11.9 Å². The number of halogens is 1. The van der Waals surface area contributed by atoms with Gasteiger partial charge in [-0.15, -0.1) is 0 Å². The van der Waals surface area contributed by atoms with Gasteiger partial charge in [-0.05, 0) is 60.5 Å². The summed E-state index contributed by atoms with van der Waals surface area (Å²) in [7, 11) is 0. The molecule has 3 rings (SSSR count). The van der Waals surface area contributed by atoms with Gasteiger partial charge in [0.15, 0.2) is 0 Å². The van der Waals surface area contributed by atoms with Crippen LogP contribution >= 0.6 is 11.6 Å². The minimum Gasteiger partial charge on any atom is -0.354 e. The van der Waals surface area contributed by atoms with Crippen LogP contribution in [0.25, 0.3) is 0 Å². The molecule has 27 heavy (non-hydrogen) atoms. The predicted octanol–water partition coefficient (Wildman–Crippen LogP) is 4.32. The second-order valence-corrected chi connectivity index (χ2v) is 6.32. The van der Waals surface area contributed by atoms with Crippen LogP contribution < -0.4 is 10.6 Å².